The first kappa shape index (κ1) is 12.7. The number of ketones is 1. The molecule has 5 nitrogen and oxygen atoms in total. The Labute approximate surface area is 94.1 Å². The smallest absolute Gasteiger partial charge is 0.319 e. The lowest BCUT2D eigenvalue weighted by Gasteiger charge is -2.32. The highest BCUT2D eigenvalue weighted by molar-refractivity contribution is 6.04. The monoisotopic (exact) mass is 228 g/mol. The molecule has 0 radical (unpaired) electrons. The van der Waals surface area contributed by atoms with Crippen LogP contribution in [0.15, 0.2) is 0 Å². The number of Topliss-reactive ketones (excluding diaryl/α,β-unsaturated/α-hetero) is 1. The van der Waals surface area contributed by atoms with Gasteiger partial charge in [-0.25, -0.2) is 0 Å². The first-order valence-electron chi connectivity index (χ1n) is 5.15. The van der Waals surface area contributed by atoms with Crippen LogP contribution in [0.4, 0.5) is 0 Å². The van der Waals surface area contributed by atoms with Gasteiger partial charge in [0.15, 0.2) is 0 Å². The predicted molar refractivity (Wildman–Crippen MR) is 54.5 cm³/mol. The summed E-state index contributed by atoms with van der Waals surface area (Å²) in [6.45, 7) is 1.52. The van der Waals surface area contributed by atoms with E-state index < -0.39 is 17.3 Å². The Balaban J connectivity index is 2.87. The van der Waals surface area contributed by atoms with Crippen LogP contribution in [-0.2, 0) is 23.9 Å². The van der Waals surface area contributed by atoms with E-state index in [1.165, 1.54) is 21.1 Å². The first-order valence-corrected chi connectivity index (χ1v) is 5.15. The van der Waals surface area contributed by atoms with E-state index in [0.717, 1.165) is 0 Å². The number of esters is 2. The van der Waals surface area contributed by atoms with Gasteiger partial charge in [0, 0.05) is 6.42 Å². The average Bonchev–Trinajstić information content (AvgIpc) is 2.30. The largest absolute Gasteiger partial charge is 0.469 e. The summed E-state index contributed by atoms with van der Waals surface area (Å²) in [5.41, 5.74) is -1.20. The van der Waals surface area contributed by atoms with Gasteiger partial charge in [-0.2, -0.15) is 0 Å². The van der Waals surface area contributed by atoms with Gasteiger partial charge in [-0.1, -0.05) is 0 Å². The van der Waals surface area contributed by atoms with Crippen LogP contribution < -0.4 is 0 Å². The van der Waals surface area contributed by atoms with Crippen LogP contribution in [0, 0.1) is 11.3 Å². The second-order valence-electron chi connectivity index (χ2n) is 4.21. The fraction of sp³-hybridized carbons (Fsp3) is 0.727. The quantitative estimate of drug-likeness (QED) is 0.514. The van der Waals surface area contributed by atoms with E-state index in [2.05, 4.69) is 9.47 Å². The molecule has 1 aliphatic rings. The van der Waals surface area contributed by atoms with Crippen LogP contribution >= 0.6 is 0 Å². The van der Waals surface area contributed by atoms with Crippen molar-refractivity contribution < 1.29 is 23.9 Å². The van der Waals surface area contributed by atoms with E-state index in [1.807, 2.05) is 0 Å². The maximum Gasteiger partial charge on any atom is 0.319 e. The number of ether oxygens (including phenoxy) is 2. The third-order valence-electron chi connectivity index (χ3n) is 3.16. The zero-order valence-corrected chi connectivity index (χ0v) is 9.74. The molecule has 0 aromatic rings. The molecule has 5 heteroatoms. The van der Waals surface area contributed by atoms with Crippen molar-refractivity contribution in [2.45, 2.75) is 26.2 Å². The van der Waals surface area contributed by atoms with E-state index in [9.17, 15) is 14.4 Å². The minimum atomic E-state index is -1.20. The fourth-order valence-corrected chi connectivity index (χ4v) is 2.08. The number of carbonyl (C=O) groups excluding carboxylic acids is 3. The molecule has 0 bridgehead atoms. The highest BCUT2D eigenvalue weighted by atomic mass is 16.5. The van der Waals surface area contributed by atoms with Gasteiger partial charge in [0.25, 0.3) is 0 Å². The van der Waals surface area contributed by atoms with Crippen LogP contribution in [0.1, 0.15) is 26.2 Å². The Kier molecular flexibility index (Phi) is 3.67. The molecule has 0 aliphatic heterocycles. The molecular weight excluding hydrogens is 212 g/mol. The summed E-state index contributed by atoms with van der Waals surface area (Å²) < 4.78 is 9.24. The van der Waals surface area contributed by atoms with E-state index >= 15 is 0 Å². The molecule has 0 spiro atoms. The number of carbonyl (C=O) groups is 3. The summed E-state index contributed by atoms with van der Waals surface area (Å²) in [5.74, 6) is -1.51. The minimum Gasteiger partial charge on any atom is -0.469 e. The Morgan fingerprint density at radius 2 is 1.94 bits per heavy atom. The molecule has 1 aliphatic carbocycles. The van der Waals surface area contributed by atoms with Crippen molar-refractivity contribution in [2.24, 2.45) is 11.3 Å². The Bertz CT molecular complexity index is 312. The molecule has 1 saturated carbocycles. The molecule has 90 valence electrons. The van der Waals surface area contributed by atoms with Crippen LogP contribution in [0.2, 0.25) is 0 Å². The third kappa shape index (κ3) is 2.08. The Morgan fingerprint density at radius 3 is 2.44 bits per heavy atom. The fourth-order valence-electron chi connectivity index (χ4n) is 2.08. The van der Waals surface area contributed by atoms with Gasteiger partial charge in [-0.05, 0) is 19.8 Å². The lowest BCUT2D eigenvalue weighted by molar-refractivity contribution is -0.162. The van der Waals surface area contributed by atoms with Gasteiger partial charge in [0.1, 0.15) is 11.2 Å². The molecule has 1 fully saturated rings. The summed E-state index contributed by atoms with van der Waals surface area (Å²) in [6.07, 6.45) is 0.828. The lowest BCUT2D eigenvalue weighted by Crippen LogP contribution is -2.44. The van der Waals surface area contributed by atoms with E-state index in [4.69, 9.17) is 0 Å². The molecule has 16 heavy (non-hydrogen) atoms. The maximum atomic E-state index is 11.7. The molecule has 0 N–H and O–H groups in total. The second kappa shape index (κ2) is 4.63. The highest BCUT2D eigenvalue weighted by Crippen LogP contribution is 2.37. The van der Waals surface area contributed by atoms with E-state index in [0.29, 0.717) is 6.42 Å². The molecule has 0 aromatic carbocycles. The normalized spacial score (nSPS) is 29.7. The van der Waals surface area contributed by atoms with Gasteiger partial charge in [-0.3, -0.25) is 14.4 Å². The summed E-state index contributed by atoms with van der Waals surface area (Å²) in [5, 5.41) is 0. The van der Waals surface area contributed by atoms with Crippen LogP contribution in [-0.4, -0.2) is 31.9 Å². The molecule has 2 atom stereocenters. The van der Waals surface area contributed by atoms with Crippen molar-refractivity contribution in [2.75, 3.05) is 14.2 Å². The van der Waals surface area contributed by atoms with Crippen molar-refractivity contribution in [3.05, 3.63) is 0 Å². The molecule has 1 rings (SSSR count). The highest BCUT2D eigenvalue weighted by Gasteiger charge is 2.48. The summed E-state index contributed by atoms with van der Waals surface area (Å²) >= 11 is 0. The first-order chi connectivity index (χ1) is 7.45. The van der Waals surface area contributed by atoms with Gasteiger partial charge in [0.2, 0.25) is 0 Å². The molecule has 0 aromatic heterocycles. The van der Waals surface area contributed by atoms with E-state index in [1.54, 1.807) is 0 Å². The molecular formula is C11H16O5. The SMILES string of the molecule is COC(=O)C1CCC(=O)C(C)(C(=O)OC)C1. The standard InChI is InChI=1S/C11H16O5/c1-11(10(14)16-3)6-7(9(13)15-2)4-5-8(11)12/h7H,4-6H2,1-3H3. The Hall–Kier alpha value is -1.39. The number of hydrogen-bond acceptors (Lipinski definition) is 5. The lowest BCUT2D eigenvalue weighted by atomic mass is 9.70. The van der Waals surface area contributed by atoms with Crippen LogP contribution in [0.25, 0.3) is 0 Å². The van der Waals surface area contributed by atoms with Gasteiger partial charge < -0.3 is 9.47 Å². The second-order valence-corrected chi connectivity index (χ2v) is 4.21. The van der Waals surface area contributed by atoms with Crippen molar-refractivity contribution >= 4 is 17.7 Å². The summed E-state index contributed by atoms with van der Waals surface area (Å²) in [7, 11) is 2.54. The van der Waals surface area contributed by atoms with Crippen molar-refractivity contribution in [3.63, 3.8) is 0 Å². The van der Waals surface area contributed by atoms with Gasteiger partial charge >= 0.3 is 11.9 Å². The molecule has 0 saturated heterocycles. The molecule has 0 amide bonds. The Morgan fingerprint density at radius 1 is 1.31 bits per heavy atom. The molecule has 2 unspecified atom stereocenters. The third-order valence-corrected chi connectivity index (χ3v) is 3.16. The van der Waals surface area contributed by atoms with Gasteiger partial charge in [-0.15, -0.1) is 0 Å². The number of methoxy groups -OCH3 is 2. The number of hydrogen-bond donors (Lipinski definition) is 0. The number of rotatable bonds is 2. The van der Waals surface area contributed by atoms with Crippen molar-refractivity contribution in [3.8, 4) is 0 Å². The molecule has 0 heterocycles. The van der Waals surface area contributed by atoms with Crippen LogP contribution in [0.3, 0.4) is 0 Å². The van der Waals surface area contributed by atoms with Gasteiger partial charge in [0.05, 0.1) is 20.1 Å². The zero-order valence-electron chi connectivity index (χ0n) is 9.74. The van der Waals surface area contributed by atoms with Crippen molar-refractivity contribution in [1.29, 1.82) is 0 Å². The van der Waals surface area contributed by atoms with Crippen molar-refractivity contribution in [1.82, 2.24) is 0 Å². The van der Waals surface area contributed by atoms with Crippen LogP contribution in [0.5, 0.6) is 0 Å². The predicted octanol–water partition coefficient (Wildman–Crippen LogP) is 0.708. The summed E-state index contributed by atoms with van der Waals surface area (Å²) in [4.78, 5) is 34.7. The zero-order chi connectivity index (χ0) is 12.3. The minimum absolute atomic E-state index is 0.167. The summed E-state index contributed by atoms with van der Waals surface area (Å²) in [6, 6.07) is 0. The topological polar surface area (TPSA) is 69.7 Å². The maximum absolute atomic E-state index is 11.7. The van der Waals surface area contributed by atoms with E-state index in [-0.39, 0.29) is 24.6 Å². The average molecular weight is 228 g/mol.